The molecule has 0 saturated heterocycles. The molecule has 0 aliphatic rings. The summed E-state index contributed by atoms with van der Waals surface area (Å²) in [7, 11) is 0. The van der Waals surface area contributed by atoms with E-state index >= 15 is 0 Å². The van der Waals surface area contributed by atoms with Crippen molar-refractivity contribution in [3.05, 3.63) is 52.1 Å². The number of nitrogens with zero attached hydrogens (tertiary/aromatic N) is 1. The average Bonchev–Trinajstić information content (AvgIpc) is 2.34. The van der Waals surface area contributed by atoms with Crippen LogP contribution in [0.1, 0.15) is 17.3 Å². The van der Waals surface area contributed by atoms with Crippen LogP contribution in [0.3, 0.4) is 0 Å². The predicted molar refractivity (Wildman–Crippen MR) is 70.8 cm³/mol. The van der Waals surface area contributed by atoms with Crippen LogP contribution in [0.25, 0.3) is 0 Å². The van der Waals surface area contributed by atoms with Crippen molar-refractivity contribution < 1.29 is 9.53 Å². The third-order valence-electron chi connectivity index (χ3n) is 2.26. The maximum Gasteiger partial charge on any atom is 0.230 e. The van der Waals surface area contributed by atoms with Gasteiger partial charge in [0.1, 0.15) is 5.75 Å². The highest BCUT2D eigenvalue weighted by Gasteiger charge is 2.10. The van der Waals surface area contributed by atoms with E-state index in [9.17, 15) is 4.79 Å². The largest absolute Gasteiger partial charge is 0.438 e. The van der Waals surface area contributed by atoms with E-state index in [1.165, 1.54) is 6.92 Å². The van der Waals surface area contributed by atoms with Gasteiger partial charge in [-0.05, 0) is 31.2 Å². The summed E-state index contributed by atoms with van der Waals surface area (Å²) in [4.78, 5) is 15.4. The lowest BCUT2D eigenvalue weighted by atomic mass is 10.2. The molecular weight excluding hydrogens is 273 g/mol. The quantitative estimate of drug-likeness (QED) is 0.784. The molecule has 0 N–H and O–H groups in total. The Hall–Kier alpha value is -1.58. The van der Waals surface area contributed by atoms with Gasteiger partial charge in [0.05, 0.1) is 15.6 Å². The van der Waals surface area contributed by atoms with Gasteiger partial charge in [0, 0.05) is 12.3 Å². The molecule has 0 saturated carbocycles. The first kappa shape index (κ1) is 12.9. The first-order valence-corrected chi connectivity index (χ1v) is 5.92. The van der Waals surface area contributed by atoms with Crippen LogP contribution >= 0.6 is 23.2 Å². The first-order valence-electron chi connectivity index (χ1n) is 5.17. The molecule has 0 spiro atoms. The number of ether oxygens (including phenoxy) is 1. The van der Waals surface area contributed by atoms with Crippen LogP contribution in [0.5, 0.6) is 11.6 Å². The fraction of sp³-hybridized carbons (Fsp3) is 0.0769. The van der Waals surface area contributed by atoms with E-state index in [2.05, 4.69) is 4.98 Å². The van der Waals surface area contributed by atoms with E-state index < -0.39 is 0 Å². The summed E-state index contributed by atoms with van der Waals surface area (Å²) < 4.78 is 5.53. The highest BCUT2D eigenvalue weighted by atomic mass is 35.5. The van der Waals surface area contributed by atoms with E-state index in [0.29, 0.717) is 21.4 Å². The Morgan fingerprint density at radius 1 is 1.22 bits per heavy atom. The van der Waals surface area contributed by atoms with E-state index in [1.807, 2.05) is 0 Å². The molecule has 1 heterocycles. The minimum atomic E-state index is -0.113. The molecule has 0 fully saturated rings. The predicted octanol–water partition coefficient (Wildman–Crippen LogP) is 4.38. The zero-order chi connectivity index (χ0) is 13.1. The Labute approximate surface area is 114 Å². The lowest BCUT2D eigenvalue weighted by molar-refractivity contribution is 0.101. The number of pyridine rings is 1. The van der Waals surface area contributed by atoms with Gasteiger partial charge in [-0.15, -0.1) is 0 Å². The standard InChI is InChI=1S/C13H9Cl2NO2/c1-8(17)10-3-2-6-16-13(10)18-9-4-5-11(14)12(15)7-9/h2-7H,1H3. The van der Waals surface area contributed by atoms with Crippen molar-refractivity contribution in [2.45, 2.75) is 6.92 Å². The molecule has 0 bridgehead atoms. The van der Waals surface area contributed by atoms with Gasteiger partial charge in [-0.25, -0.2) is 4.98 Å². The van der Waals surface area contributed by atoms with Gasteiger partial charge in [-0.1, -0.05) is 23.2 Å². The maximum absolute atomic E-state index is 11.4. The lowest BCUT2D eigenvalue weighted by Crippen LogP contribution is -1.98. The first-order chi connectivity index (χ1) is 8.58. The summed E-state index contributed by atoms with van der Waals surface area (Å²) in [6.45, 7) is 1.46. The van der Waals surface area contributed by atoms with Gasteiger partial charge in [0.15, 0.2) is 5.78 Å². The number of rotatable bonds is 3. The van der Waals surface area contributed by atoms with Gasteiger partial charge in [-0.3, -0.25) is 4.79 Å². The highest BCUT2D eigenvalue weighted by molar-refractivity contribution is 6.42. The highest BCUT2D eigenvalue weighted by Crippen LogP contribution is 2.29. The Morgan fingerprint density at radius 3 is 2.67 bits per heavy atom. The summed E-state index contributed by atoms with van der Waals surface area (Å²) in [6, 6.07) is 8.19. The number of carbonyl (C=O) groups is 1. The second kappa shape index (κ2) is 5.38. The van der Waals surface area contributed by atoms with Crippen molar-refractivity contribution in [2.24, 2.45) is 0 Å². The second-order valence-corrected chi connectivity index (χ2v) is 4.40. The van der Waals surface area contributed by atoms with Crippen molar-refractivity contribution in [1.82, 2.24) is 4.98 Å². The molecule has 92 valence electrons. The molecule has 0 atom stereocenters. The summed E-state index contributed by atoms with van der Waals surface area (Å²) >= 11 is 11.7. The molecule has 0 amide bonds. The Bertz CT molecular complexity index is 599. The summed E-state index contributed by atoms with van der Waals surface area (Å²) in [6.07, 6.45) is 1.55. The van der Waals surface area contributed by atoms with Crippen LogP contribution in [0.2, 0.25) is 10.0 Å². The number of benzene rings is 1. The topological polar surface area (TPSA) is 39.2 Å². The second-order valence-electron chi connectivity index (χ2n) is 3.59. The minimum absolute atomic E-state index is 0.113. The third-order valence-corrected chi connectivity index (χ3v) is 3.00. The third kappa shape index (κ3) is 2.81. The molecule has 0 unspecified atom stereocenters. The maximum atomic E-state index is 11.4. The molecule has 1 aromatic carbocycles. The molecule has 1 aromatic heterocycles. The molecule has 0 radical (unpaired) electrons. The molecule has 0 aliphatic carbocycles. The SMILES string of the molecule is CC(=O)c1cccnc1Oc1ccc(Cl)c(Cl)c1. The summed E-state index contributed by atoms with van der Waals surface area (Å²) in [5.41, 5.74) is 0.420. The van der Waals surface area contributed by atoms with E-state index in [4.69, 9.17) is 27.9 Å². The zero-order valence-electron chi connectivity index (χ0n) is 9.48. The fourth-order valence-corrected chi connectivity index (χ4v) is 1.68. The van der Waals surface area contributed by atoms with Crippen molar-refractivity contribution in [1.29, 1.82) is 0 Å². The molecule has 18 heavy (non-hydrogen) atoms. The van der Waals surface area contributed by atoms with Crippen molar-refractivity contribution in [2.75, 3.05) is 0 Å². The van der Waals surface area contributed by atoms with Gasteiger partial charge in [0.25, 0.3) is 0 Å². The van der Waals surface area contributed by atoms with Crippen molar-refractivity contribution in [3.63, 3.8) is 0 Å². The number of aromatic nitrogens is 1. The monoisotopic (exact) mass is 281 g/mol. The summed E-state index contributed by atoms with van der Waals surface area (Å²) in [5, 5.41) is 0.825. The Balaban J connectivity index is 2.34. The smallest absolute Gasteiger partial charge is 0.230 e. The molecule has 2 rings (SSSR count). The molecular formula is C13H9Cl2NO2. The van der Waals surface area contributed by atoms with Crippen LogP contribution in [0, 0.1) is 0 Å². The number of hydrogen-bond donors (Lipinski definition) is 0. The molecule has 5 heteroatoms. The van der Waals surface area contributed by atoms with Crippen molar-refractivity contribution >= 4 is 29.0 Å². The normalized spacial score (nSPS) is 10.2. The zero-order valence-corrected chi connectivity index (χ0v) is 11.0. The van der Waals surface area contributed by atoms with Crippen LogP contribution < -0.4 is 4.74 Å². The van der Waals surface area contributed by atoms with Crippen LogP contribution in [-0.4, -0.2) is 10.8 Å². The van der Waals surface area contributed by atoms with Gasteiger partial charge in [-0.2, -0.15) is 0 Å². The van der Waals surface area contributed by atoms with Crippen molar-refractivity contribution in [3.8, 4) is 11.6 Å². The van der Waals surface area contributed by atoms with Gasteiger partial charge in [0.2, 0.25) is 5.88 Å². The van der Waals surface area contributed by atoms with Gasteiger partial charge < -0.3 is 4.74 Å². The number of carbonyl (C=O) groups excluding carboxylic acids is 1. The fourth-order valence-electron chi connectivity index (χ4n) is 1.39. The lowest BCUT2D eigenvalue weighted by Gasteiger charge is -2.08. The average molecular weight is 282 g/mol. The molecule has 3 nitrogen and oxygen atoms in total. The number of ketones is 1. The minimum Gasteiger partial charge on any atom is -0.438 e. The Morgan fingerprint density at radius 2 is 2.00 bits per heavy atom. The van der Waals surface area contributed by atoms with E-state index in [0.717, 1.165) is 0 Å². The van der Waals surface area contributed by atoms with E-state index in [1.54, 1.807) is 36.5 Å². The Kier molecular flexibility index (Phi) is 3.84. The number of halogens is 2. The number of hydrogen-bond acceptors (Lipinski definition) is 3. The molecule has 2 aromatic rings. The molecule has 0 aliphatic heterocycles. The van der Waals surface area contributed by atoms with Crippen LogP contribution in [0.15, 0.2) is 36.5 Å². The van der Waals surface area contributed by atoms with Gasteiger partial charge >= 0.3 is 0 Å². The van der Waals surface area contributed by atoms with Crippen LogP contribution in [-0.2, 0) is 0 Å². The van der Waals surface area contributed by atoms with E-state index in [-0.39, 0.29) is 11.7 Å². The van der Waals surface area contributed by atoms with Crippen LogP contribution in [0.4, 0.5) is 0 Å². The summed E-state index contributed by atoms with van der Waals surface area (Å²) in [5.74, 6) is 0.618. The number of Topliss-reactive ketones (excluding diaryl/α,β-unsaturated/α-hetero) is 1.